The summed E-state index contributed by atoms with van der Waals surface area (Å²) in [6.07, 6.45) is -0.139. The molecule has 2 saturated heterocycles. The number of hydrogen-bond acceptors (Lipinski definition) is 6. The molecule has 1 aromatic heterocycles. The standard InChI is InChI=1S/C11H15N3O6/c1-12-8(15)13(3-7-4-19-7)10(17)14(9(12)16)5-11(18-2)6-20-11/h7H,3-6H2,1-2H3. The molecule has 110 valence electrons. The van der Waals surface area contributed by atoms with Gasteiger partial charge in [-0.3, -0.25) is 0 Å². The lowest BCUT2D eigenvalue weighted by Crippen LogP contribution is -2.55. The zero-order valence-electron chi connectivity index (χ0n) is 11.2. The quantitative estimate of drug-likeness (QED) is 0.553. The third-order valence-electron chi connectivity index (χ3n) is 3.52. The van der Waals surface area contributed by atoms with Gasteiger partial charge in [0.15, 0.2) is 0 Å². The number of epoxide rings is 2. The van der Waals surface area contributed by atoms with Crippen LogP contribution in [0.15, 0.2) is 14.4 Å². The maximum absolute atomic E-state index is 12.3. The van der Waals surface area contributed by atoms with Crippen molar-refractivity contribution >= 4 is 0 Å². The van der Waals surface area contributed by atoms with Crippen molar-refractivity contribution in [3.8, 4) is 0 Å². The first-order valence-electron chi connectivity index (χ1n) is 6.19. The average Bonchev–Trinajstić information content (AvgIpc) is 3.34. The predicted octanol–water partition coefficient (Wildman–Crippen LogP) is -2.52. The van der Waals surface area contributed by atoms with Gasteiger partial charge in [-0.1, -0.05) is 0 Å². The fourth-order valence-corrected chi connectivity index (χ4v) is 2.02. The number of methoxy groups -OCH3 is 1. The van der Waals surface area contributed by atoms with Gasteiger partial charge in [-0.2, -0.15) is 0 Å². The first kappa shape index (κ1) is 13.3. The number of ether oxygens (including phenoxy) is 3. The summed E-state index contributed by atoms with van der Waals surface area (Å²) in [5, 5.41) is 0. The average molecular weight is 285 g/mol. The molecule has 0 bridgehead atoms. The van der Waals surface area contributed by atoms with Crippen LogP contribution >= 0.6 is 0 Å². The predicted molar refractivity (Wildman–Crippen MR) is 65.6 cm³/mol. The van der Waals surface area contributed by atoms with Gasteiger partial charge in [-0.25, -0.2) is 28.1 Å². The van der Waals surface area contributed by atoms with Gasteiger partial charge in [-0.05, 0) is 0 Å². The van der Waals surface area contributed by atoms with Gasteiger partial charge >= 0.3 is 17.1 Å². The Labute approximate surface area is 112 Å². The summed E-state index contributed by atoms with van der Waals surface area (Å²) in [5.74, 6) is -0.936. The van der Waals surface area contributed by atoms with Gasteiger partial charge in [-0.15, -0.1) is 0 Å². The second-order valence-corrected chi connectivity index (χ2v) is 4.96. The largest absolute Gasteiger partial charge is 0.371 e. The monoisotopic (exact) mass is 285 g/mol. The molecular formula is C11H15N3O6. The minimum Gasteiger partial charge on any atom is -0.371 e. The maximum Gasteiger partial charge on any atom is 0.336 e. The topological polar surface area (TPSA) is 100 Å². The molecule has 3 heterocycles. The molecule has 0 spiro atoms. The number of nitrogens with zero attached hydrogens (tertiary/aromatic N) is 3. The SMILES string of the molecule is COC1(Cn2c(=O)n(C)c(=O)n(CC3CO3)c2=O)CO1. The van der Waals surface area contributed by atoms with E-state index in [0.717, 1.165) is 13.7 Å². The van der Waals surface area contributed by atoms with Crippen LogP contribution in [0.5, 0.6) is 0 Å². The van der Waals surface area contributed by atoms with E-state index in [2.05, 4.69) is 0 Å². The van der Waals surface area contributed by atoms with Crippen molar-refractivity contribution in [2.75, 3.05) is 20.3 Å². The normalized spacial score (nSPS) is 27.6. The number of aromatic nitrogens is 3. The summed E-state index contributed by atoms with van der Waals surface area (Å²) in [4.78, 5) is 36.3. The summed E-state index contributed by atoms with van der Waals surface area (Å²) in [7, 11) is 2.77. The molecule has 3 rings (SSSR count). The molecule has 0 amide bonds. The van der Waals surface area contributed by atoms with Crippen LogP contribution in [0.3, 0.4) is 0 Å². The summed E-state index contributed by atoms with van der Waals surface area (Å²) < 4.78 is 18.1. The van der Waals surface area contributed by atoms with Crippen molar-refractivity contribution in [3.63, 3.8) is 0 Å². The highest BCUT2D eigenvalue weighted by atomic mass is 16.8. The van der Waals surface area contributed by atoms with E-state index >= 15 is 0 Å². The Kier molecular flexibility index (Phi) is 2.92. The minimum absolute atomic E-state index is 0.0409. The molecule has 0 aromatic carbocycles. The van der Waals surface area contributed by atoms with Gasteiger partial charge in [0.2, 0.25) is 5.79 Å². The van der Waals surface area contributed by atoms with Crippen LogP contribution in [0.4, 0.5) is 0 Å². The van der Waals surface area contributed by atoms with Gasteiger partial charge in [0.05, 0.1) is 25.8 Å². The molecule has 0 aliphatic carbocycles. The Balaban J connectivity index is 2.08. The van der Waals surface area contributed by atoms with E-state index in [9.17, 15) is 14.4 Å². The van der Waals surface area contributed by atoms with E-state index in [1.54, 1.807) is 0 Å². The molecule has 0 radical (unpaired) electrons. The van der Waals surface area contributed by atoms with E-state index in [0.29, 0.717) is 13.2 Å². The highest BCUT2D eigenvalue weighted by molar-refractivity contribution is 4.87. The summed E-state index contributed by atoms with van der Waals surface area (Å²) in [6, 6.07) is 0. The van der Waals surface area contributed by atoms with Crippen LogP contribution in [-0.2, 0) is 34.3 Å². The van der Waals surface area contributed by atoms with Crippen molar-refractivity contribution < 1.29 is 14.2 Å². The van der Waals surface area contributed by atoms with Gasteiger partial charge < -0.3 is 14.2 Å². The highest BCUT2D eigenvalue weighted by Crippen LogP contribution is 2.28. The molecule has 2 aliphatic rings. The van der Waals surface area contributed by atoms with Gasteiger partial charge in [0, 0.05) is 14.2 Å². The van der Waals surface area contributed by atoms with Crippen LogP contribution in [0.25, 0.3) is 0 Å². The minimum atomic E-state index is -0.936. The Hall–Kier alpha value is -1.71. The van der Waals surface area contributed by atoms with Gasteiger partial charge in [0.1, 0.15) is 6.61 Å². The first-order chi connectivity index (χ1) is 9.47. The summed E-state index contributed by atoms with van der Waals surface area (Å²) in [5.41, 5.74) is -1.99. The van der Waals surface area contributed by atoms with E-state index in [1.807, 2.05) is 0 Å². The van der Waals surface area contributed by atoms with E-state index in [-0.39, 0.29) is 19.2 Å². The van der Waals surface area contributed by atoms with E-state index < -0.39 is 22.9 Å². The molecule has 2 aliphatic heterocycles. The van der Waals surface area contributed by atoms with Crippen molar-refractivity contribution in [1.29, 1.82) is 0 Å². The smallest absolute Gasteiger partial charge is 0.336 e. The van der Waals surface area contributed by atoms with Gasteiger partial charge in [0.25, 0.3) is 0 Å². The van der Waals surface area contributed by atoms with Crippen LogP contribution in [0.1, 0.15) is 0 Å². The van der Waals surface area contributed by atoms with Crippen molar-refractivity contribution in [2.45, 2.75) is 25.0 Å². The molecular weight excluding hydrogens is 270 g/mol. The second-order valence-electron chi connectivity index (χ2n) is 4.96. The molecule has 9 heteroatoms. The van der Waals surface area contributed by atoms with Crippen LogP contribution in [0, 0.1) is 0 Å². The molecule has 2 unspecified atom stereocenters. The highest BCUT2D eigenvalue weighted by Gasteiger charge is 2.46. The molecule has 9 nitrogen and oxygen atoms in total. The molecule has 0 saturated carbocycles. The zero-order chi connectivity index (χ0) is 14.5. The zero-order valence-corrected chi connectivity index (χ0v) is 11.2. The van der Waals surface area contributed by atoms with Crippen molar-refractivity contribution in [1.82, 2.24) is 13.7 Å². The lowest BCUT2D eigenvalue weighted by molar-refractivity contribution is -0.0248. The molecule has 20 heavy (non-hydrogen) atoms. The molecule has 0 N–H and O–H groups in total. The third-order valence-corrected chi connectivity index (χ3v) is 3.52. The van der Waals surface area contributed by atoms with Crippen molar-refractivity contribution in [2.24, 2.45) is 7.05 Å². The van der Waals surface area contributed by atoms with Crippen LogP contribution in [-0.4, -0.2) is 45.9 Å². The fraction of sp³-hybridized carbons (Fsp3) is 0.727. The molecule has 2 fully saturated rings. The maximum atomic E-state index is 12.3. The fourth-order valence-electron chi connectivity index (χ4n) is 2.02. The van der Waals surface area contributed by atoms with Crippen LogP contribution in [0.2, 0.25) is 0 Å². The Morgan fingerprint density at radius 1 is 1.25 bits per heavy atom. The number of hydrogen-bond donors (Lipinski definition) is 0. The summed E-state index contributed by atoms with van der Waals surface area (Å²) >= 11 is 0. The van der Waals surface area contributed by atoms with E-state index in [1.165, 1.54) is 14.2 Å². The number of rotatable bonds is 5. The first-order valence-corrected chi connectivity index (χ1v) is 6.19. The van der Waals surface area contributed by atoms with E-state index in [4.69, 9.17) is 14.2 Å². The Morgan fingerprint density at radius 3 is 2.35 bits per heavy atom. The molecule has 2 atom stereocenters. The van der Waals surface area contributed by atoms with Crippen molar-refractivity contribution in [3.05, 3.63) is 31.5 Å². The third kappa shape index (κ3) is 2.13. The molecule has 1 aromatic rings. The summed E-state index contributed by atoms with van der Waals surface area (Å²) in [6.45, 7) is 0.928. The Bertz CT molecular complexity index is 706. The Morgan fingerprint density at radius 2 is 1.85 bits per heavy atom. The van der Waals surface area contributed by atoms with Crippen LogP contribution < -0.4 is 17.1 Å². The lowest BCUT2D eigenvalue weighted by Gasteiger charge is -2.14. The lowest BCUT2D eigenvalue weighted by atomic mass is 10.4. The second kappa shape index (κ2) is 4.40.